The summed E-state index contributed by atoms with van der Waals surface area (Å²) in [5, 5.41) is 6.23. The van der Waals surface area contributed by atoms with E-state index in [1.807, 2.05) is 20.8 Å². The number of ether oxygens (including phenoxy) is 3. The van der Waals surface area contributed by atoms with Gasteiger partial charge in [0.15, 0.2) is 12.8 Å². The number of guanidine groups is 1. The summed E-state index contributed by atoms with van der Waals surface area (Å²) in [6.45, 7) is 8.06. The van der Waals surface area contributed by atoms with Crippen molar-refractivity contribution in [3.05, 3.63) is 29.1 Å². The van der Waals surface area contributed by atoms with Gasteiger partial charge >= 0.3 is 6.09 Å². The van der Waals surface area contributed by atoms with Crippen LogP contribution in [0.2, 0.25) is 0 Å². The number of carbonyl (C=O) groups is 1. The second kappa shape index (κ2) is 11.2. The van der Waals surface area contributed by atoms with Gasteiger partial charge in [-0.15, -0.1) is 24.0 Å². The van der Waals surface area contributed by atoms with Crippen LogP contribution in [0.4, 0.5) is 9.18 Å². The molecule has 2 aliphatic rings. The molecule has 1 atom stereocenters. The highest BCUT2D eigenvalue weighted by Crippen LogP contribution is 2.29. The zero-order valence-corrected chi connectivity index (χ0v) is 20.8. The van der Waals surface area contributed by atoms with E-state index in [0.29, 0.717) is 31.9 Å². The van der Waals surface area contributed by atoms with Gasteiger partial charge in [0, 0.05) is 32.2 Å². The molecule has 1 aromatic rings. The van der Waals surface area contributed by atoms with Gasteiger partial charge in [-0.1, -0.05) is 0 Å². The fourth-order valence-corrected chi connectivity index (χ4v) is 3.63. The van der Waals surface area contributed by atoms with E-state index in [-0.39, 0.29) is 42.6 Å². The number of hydrogen-bond acceptors (Lipinski definition) is 5. The fourth-order valence-electron chi connectivity index (χ4n) is 3.63. The van der Waals surface area contributed by atoms with Gasteiger partial charge in [0.05, 0.1) is 12.6 Å². The highest BCUT2D eigenvalue weighted by atomic mass is 127. The molecule has 2 aliphatic heterocycles. The lowest BCUT2D eigenvalue weighted by Crippen LogP contribution is -2.44. The van der Waals surface area contributed by atoms with Crippen LogP contribution in [-0.4, -0.2) is 62.1 Å². The summed E-state index contributed by atoms with van der Waals surface area (Å²) >= 11 is 0. The lowest BCUT2D eigenvalue weighted by Gasteiger charge is -2.24. The minimum Gasteiger partial charge on any atom is -0.467 e. The van der Waals surface area contributed by atoms with Gasteiger partial charge in [-0.25, -0.2) is 9.18 Å². The highest BCUT2D eigenvalue weighted by Gasteiger charge is 2.28. The summed E-state index contributed by atoms with van der Waals surface area (Å²) in [5.74, 6) is 1.16. The van der Waals surface area contributed by atoms with Crippen molar-refractivity contribution < 1.29 is 23.4 Å². The van der Waals surface area contributed by atoms with Crippen molar-refractivity contribution in [2.24, 2.45) is 4.99 Å². The number of carbonyl (C=O) groups excluding carboxylic acids is 1. The molecule has 0 bridgehead atoms. The number of halogens is 2. The Morgan fingerprint density at radius 3 is 2.87 bits per heavy atom. The first-order valence-corrected chi connectivity index (χ1v) is 10.2. The molecule has 1 fully saturated rings. The number of aliphatic imine (C=N–C) groups is 1. The van der Waals surface area contributed by atoms with E-state index in [1.54, 1.807) is 7.05 Å². The zero-order valence-electron chi connectivity index (χ0n) is 18.5. The standard InChI is InChI=1S/C21H31FN4O4.HI/c1-21(2,3)30-20(27)25-17-6-8-26(11-17)19(23-4)24-7-5-14-9-16(22)10-15-12-28-13-29-18(14)15;/h9-10,17H,5-8,11-13H2,1-4H3,(H,23,24)(H,25,27);1H. The molecule has 174 valence electrons. The molecule has 0 aliphatic carbocycles. The predicted octanol–water partition coefficient (Wildman–Crippen LogP) is 3.03. The number of nitrogens with one attached hydrogen (secondary N) is 2. The van der Waals surface area contributed by atoms with Crippen LogP contribution in [0.1, 0.15) is 38.3 Å². The minimum atomic E-state index is -0.522. The number of hydrogen-bond donors (Lipinski definition) is 2. The number of amides is 1. The van der Waals surface area contributed by atoms with Gasteiger partial charge in [-0.2, -0.15) is 0 Å². The summed E-state index contributed by atoms with van der Waals surface area (Å²) in [6.07, 6.45) is 0.995. The molecular formula is C21H32FIN4O4. The zero-order chi connectivity index (χ0) is 21.7. The Labute approximate surface area is 199 Å². The maximum Gasteiger partial charge on any atom is 0.407 e. The van der Waals surface area contributed by atoms with Crippen molar-refractivity contribution in [3.63, 3.8) is 0 Å². The second-order valence-electron chi connectivity index (χ2n) is 8.47. The van der Waals surface area contributed by atoms with Crippen molar-refractivity contribution in [2.45, 2.75) is 51.9 Å². The Hall–Kier alpha value is -1.82. The van der Waals surface area contributed by atoms with Crippen molar-refractivity contribution in [3.8, 4) is 5.75 Å². The first-order valence-electron chi connectivity index (χ1n) is 10.2. The van der Waals surface area contributed by atoms with Gasteiger partial charge in [-0.3, -0.25) is 4.99 Å². The number of rotatable bonds is 4. The molecule has 0 spiro atoms. The molecule has 1 saturated heterocycles. The average Bonchev–Trinajstić information content (AvgIpc) is 3.11. The molecule has 0 radical (unpaired) electrons. The van der Waals surface area contributed by atoms with Crippen LogP contribution in [0.5, 0.6) is 5.75 Å². The van der Waals surface area contributed by atoms with E-state index in [0.717, 1.165) is 30.1 Å². The lowest BCUT2D eigenvalue weighted by molar-refractivity contribution is -0.0172. The van der Waals surface area contributed by atoms with Crippen molar-refractivity contribution in [1.29, 1.82) is 0 Å². The van der Waals surface area contributed by atoms with E-state index in [9.17, 15) is 9.18 Å². The van der Waals surface area contributed by atoms with E-state index >= 15 is 0 Å². The highest BCUT2D eigenvalue weighted by molar-refractivity contribution is 14.0. The topological polar surface area (TPSA) is 84.4 Å². The number of benzene rings is 1. The van der Waals surface area contributed by atoms with Gasteiger partial charge < -0.3 is 29.7 Å². The van der Waals surface area contributed by atoms with E-state index in [2.05, 4.69) is 20.5 Å². The molecule has 0 aromatic heterocycles. The van der Waals surface area contributed by atoms with Crippen LogP contribution < -0.4 is 15.4 Å². The summed E-state index contributed by atoms with van der Waals surface area (Å²) in [7, 11) is 1.72. The van der Waals surface area contributed by atoms with E-state index in [1.165, 1.54) is 12.1 Å². The van der Waals surface area contributed by atoms with Crippen LogP contribution in [0.25, 0.3) is 0 Å². The molecule has 8 nitrogen and oxygen atoms in total. The van der Waals surface area contributed by atoms with Gasteiger partial charge in [0.2, 0.25) is 0 Å². The molecular weight excluding hydrogens is 518 g/mol. The molecule has 3 rings (SSSR count). The van der Waals surface area contributed by atoms with Crippen molar-refractivity contribution >= 4 is 36.0 Å². The van der Waals surface area contributed by atoms with Crippen LogP contribution in [-0.2, 0) is 22.5 Å². The Balaban J connectivity index is 0.00000341. The molecule has 0 saturated carbocycles. The molecule has 1 amide bonds. The summed E-state index contributed by atoms with van der Waals surface area (Å²) in [6, 6.07) is 2.96. The Morgan fingerprint density at radius 2 is 2.16 bits per heavy atom. The SMILES string of the molecule is CN=C(NCCc1cc(F)cc2c1OCOC2)N1CCC(NC(=O)OC(C)(C)C)C1.I. The fraction of sp³-hybridized carbons (Fsp3) is 0.619. The third kappa shape index (κ3) is 7.37. The lowest BCUT2D eigenvalue weighted by atomic mass is 10.1. The van der Waals surface area contributed by atoms with Crippen LogP contribution >= 0.6 is 24.0 Å². The summed E-state index contributed by atoms with van der Waals surface area (Å²) < 4.78 is 30.0. The third-order valence-corrected chi connectivity index (χ3v) is 4.85. The molecule has 1 aromatic carbocycles. The molecule has 31 heavy (non-hydrogen) atoms. The number of fused-ring (bicyclic) bond motifs is 1. The van der Waals surface area contributed by atoms with Gasteiger partial charge in [0.25, 0.3) is 0 Å². The number of alkyl carbamates (subject to hydrolysis) is 1. The molecule has 2 N–H and O–H groups in total. The molecule has 1 unspecified atom stereocenters. The van der Waals surface area contributed by atoms with Crippen molar-refractivity contribution in [1.82, 2.24) is 15.5 Å². The quantitative estimate of drug-likeness (QED) is 0.341. The van der Waals surface area contributed by atoms with E-state index in [4.69, 9.17) is 14.2 Å². The normalized spacial score (nSPS) is 18.5. The van der Waals surface area contributed by atoms with Crippen LogP contribution in [0.15, 0.2) is 17.1 Å². The third-order valence-electron chi connectivity index (χ3n) is 4.85. The average molecular weight is 550 g/mol. The molecule has 10 heteroatoms. The molecule has 2 heterocycles. The maximum atomic E-state index is 13.9. The Bertz CT molecular complexity index is 800. The first kappa shape index (κ1) is 25.4. The smallest absolute Gasteiger partial charge is 0.407 e. The van der Waals surface area contributed by atoms with E-state index < -0.39 is 11.7 Å². The predicted molar refractivity (Wildman–Crippen MR) is 127 cm³/mol. The number of likely N-dealkylation sites (tertiary alicyclic amines) is 1. The maximum absolute atomic E-state index is 13.9. The minimum absolute atomic E-state index is 0. The van der Waals surface area contributed by atoms with Crippen LogP contribution in [0.3, 0.4) is 0 Å². The Morgan fingerprint density at radius 1 is 1.39 bits per heavy atom. The summed E-state index contributed by atoms with van der Waals surface area (Å²) in [5.41, 5.74) is 1.02. The first-order chi connectivity index (χ1) is 14.2. The van der Waals surface area contributed by atoms with Crippen molar-refractivity contribution in [2.75, 3.05) is 33.5 Å². The summed E-state index contributed by atoms with van der Waals surface area (Å²) in [4.78, 5) is 18.4. The Kier molecular flexibility index (Phi) is 9.16. The second-order valence-corrected chi connectivity index (χ2v) is 8.47. The number of nitrogens with zero attached hydrogens (tertiary/aromatic N) is 2. The van der Waals surface area contributed by atoms with Gasteiger partial charge in [-0.05, 0) is 51.3 Å². The largest absolute Gasteiger partial charge is 0.467 e. The monoisotopic (exact) mass is 550 g/mol. The van der Waals surface area contributed by atoms with Crippen LogP contribution in [0, 0.1) is 5.82 Å². The van der Waals surface area contributed by atoms with Gasteiger partial charge in [0.1, 0.15) is 17.2 Å².